The second-order valence-corrected chi connectivity index (χ2v) is 17.3. The van der Waals surface area contributed by atoms with Gasteiger partial charge in [0.15, 0.2) is 35.1 Å². The number of benzene rings is 1. The van der Waals surface area contributed by atoms with Crippen LogP contribution in [0.2, 0.25) is 5.28 Å². The van der Waals surface area contributed by atoms with Gasteiger partial charge in [-0.15, -0.1) is 0 Å². The van der Waals surface area contributed by atoms with Crippen molar-refractivity contribution in [1.29, 1.82) is 0 Å². The number of imidazole rings is 1. The summed E-state index contributed by atoms with van der Waals surface area (Å²) in [6, 6.07) is 7.30. The molecule has 4 rings (SSSR count). The Morgan fingerprint density at radius 3 is 1.97 bits per heavy atom. The van der Waals surface area contributed by atoms with Crippen LogP contribution < -0.4 is 4.90 Å². The number of aryl methyl sites for hydroxylation is 1. The quantitative estimate of drug-likeness (QED) is 0.0798. The number of Topliss-reactive ketones (excluding diaryl/α,β-unsaturated/α-hetero) is 1. The highest BCUT2D eigenvalue weighted by atomic mass is 35.5. The van der Waals surface area contributed by atoms with Crippen LogP contribution in [0.5, 0.6) is 0 Å². The van der Waals surface area contributed by atoms with Gasteiger partial charge in [-0.3, -0.25) is 9.36 Å². The first-order valence-corrected chi connectivity index (χ1v) is 19.2. The largest absolute Gasteiger partial charge is 0.509 e. The number of fused-ring (bicyclic) bond motifs is 1. The van der Waals surface area contributed by atoms with Crippen molar-refractivity contribution >= 4 is 58.7 Å². The first-order chi connectivity index (χ1) is 26.7. The van der Waals surface area contributed by atoms with Gasteiger partial charge in [0.05, 0.1) is 25.6 Å². The van der Waals surface area contributed by atoms with Crippen LogP contribution in [-0.2, 0) is 49.2 Å². The monoisotopic (exact) mass is 831 g/mol. The molecular formula is C40H54ClN5O12. The predicted octanol–water partition coefficient (Wildman–Crippen LogP) is 7.47. The third-order valence-electron chi connectivity index (χ3n) is 8.58. The number of amides is 2. The summed E-state index contributed by atoms with van der Waals surface area (Å²) in [5, 5.41) is -0.395. The Kier molecular flexibility index (Phi) is 13.9. The van der Waals surface area contributed by atoms with Gasteiger partial charge in [0.25, 0.3) is 0 Å². The van der Waals surface area contributed by atoms with Crippen molar-refractivity contribution in [1.82, 2.24) is 19.5 Å². The van der Waals surface area contributed by atoms with Crippen molar-refractivity contribution in [2.24, 2.45) is 5.92 Å². The number of carbonyl (C=O) groups is 5. The summed E-state index contributed by atoms with van der Waals surface area (Å²) in [7, 11) is 0. The van der Waals surface area contributed by atoms with Crippen LogP contribution in [0.4, 0.5) is 20.2 Å². The minimum Gasteiger partial charge on any atom is -0.463 e. The van der Waals surface area contributed by atoms with Crippen LogP contribution in [0.25, 0.3) is 11.2 Å². The van der Waals surface area contributed by atoms with Gasteiger partial charge in [-0.2, -0.15) is 14.9 Å². The highest BCUT2D eigenvalue weighted by molar-refractivity contribution is 6.29. The molecule has 0 saturated carbocycles. The van der Waals surface area contributed by atoms with Gasteiger partial charge in [0.1, 0.15) is 16.8 Å². The lowest BCUT2D eigenvalue weighted by Gasteiger charge is -2.31. The van der Waals surface area contributed by atoms with Crippen LogP contribution in [0.15, 0.2) is 30.6 Å². The molecule has 3 heterocycles. The van der Waals surface area contributed by atoms with E-state index >= 15 is 0 Å². The second-order valence-electron chi connectivity index (χ2n) is 17.0. The van der Waals surface area contributed by atoms with E-state index in [0.29, 0.717) is 10.5 Å². The molecule has 0 bridgehead atoms. The predicted molar refractivity (Wildman–Crippen MR) is 210 cm³/mol. The average molecular weight is 832 g/mol. The van der Waals surface area contributed by atoms with Crippen LogP contribution in [0.3, 0.4) is 0 Å². The Labute approximate surface area is 342 Å². The molecule has 1 saturated heterocycles. The fraction of sp³-hybridized carbons (Fsp3) is 0.600. The summed E-state index contributed by atoms with van der Waals surface area (Å²) >= 11 is 6.45. The van der Waals surface area contributed by atoms with Crippen molar-refractivity contribution in [3.05, 3.63) is 47.0 Å². The van der Waals surface area contributed by atoms with Crippen molar-refractivity contribution in [3.8, 4) is 0 Å². The Hall–Kier alpha value is -4.87. The van der Waals surface area contributed by atoms with Crippen molar-refractivity contribution in [2.75, 3.05) is 18.1 Å². The van der Waals surface area contributed by atoms with E-state index in [9.17, 15) is 24.0 Å². The van der Waals surface area contributed by atoms with E-state index < -0.39 is 82.1 Å². The molecular weight excluding hydrogens is 778 g/mol. The maximum atomic E-state index is 13.6. The van der Waals surface area contributed by atoms with E-state index in [2.05, 4.69) is 15.0 Å². The van der Waals surface area contributed by atoms with Gasteiger partial charge in [-0.25, -0.2) is 24.2 Å². The molecule has 0 radical (unpaired) electrons. The summed E-state index contributed by atoms with van der Waals surface area (Å²) in [5.74, 6) is -2.50. The molecule has 2 aromatic heterocycles. The van der Waals surface area contributed by atoms with Gasteiger partial charge in [-0.1, -0.05) is 36.8 Å². The van der Waals surface area contributed by atoms with Crippen LogP contribution in [-0.4, -0.2) is 97.4 Å². The van der Waals surface area contributed by atoms with Crippen molar-refractivity contribution < 1.29 is 57.1 Å². The molecule has 0 N–H and O–H groups in total. The minimum atomic E-state index is -2.04. The molecule has 0 aliphatic carbocycles. The number of ketones is 1. The first-order valence-electron chi connectivity index (χ1n) is 18.8. The van der Waals surface area contributed by atoms with Crippen LogP contribution in [0.1, 0.15) is 100 Å². The molecule has 18 heteroatoms. The van der Waals surface area contributed by atoms with Gasteiger partial charge >= 0.3 is 24.3 Å². The third-order valence-corrected chi connectivity index (χ3v) is 8.75. The summed E-state index contributed by atoms with van der Waals surface area (Å²) < 4.78 is 42.0. The number of imide groups is 1. The molecule has 5 atom stereocenters. The number of anilines is 1. The summed E-state index contributed by atoms with van der Waals surface area (Å²) in [5.41, 5.74) is -3.51. The van der Waals surface area contributed by atoms with E-state index in [0.717, 1.165) is 5.56 Å². The third kappa shape index (κ3) is 11.2. The maximum Gasteiger partial charge on any atom is 0.509 e. The topological polar surface area (TPSA) is 197 Å². The zero-order valence-corrected chi connectivity index (χ0v) is 36.1. The summed E-state index contributed by atoms with van der Waals surface area (Å²) in [4.78, 5) is 80.9. The molecule has 318 valence electrons. The van der Waals surface area contributed by atoms with E-state index in [4.69, 9.17) is 44.8 Å². The number of esters is 1. The number of nitrogens with zero attached hydrogens (tertiary/aromatic N) is 5. The number of aromatic nitrogens is 4. The lowest BCUT2D eigenvalue weighted by Crippen LogP contribution is -2.52. The van der Waals surface area contributed by atoms with Crippen molar-refractivity contribution in [2.45, 2.75) is 137 Å². The maximum absolute atomic E-state index is 13.6. The van der Waals surface area contributed by atoms with Gasteiger partial charge in [-0.05, 0) is 100 Å². The van der Waals surface area contributed by atoms with E-state index in [-0.39, 0.29) is 36.6 Å². The Bertz CT molecular complexity index is 1970. The van der Waals surface area contributed by atoms with E-state index in [1.54, 1.807) is 88.3 Å². The van der Waals surface area contributed by atoms with E-state index in [1.165, 1.54) is 17.8 Å². The fourth-order valence-electron chi connectivity index (χ4n) is 5.92. The van der Waals surface area contributed by atoms with Crippen molar-refractivity contribution in [3.63, 3.8) is 0 Å². The second kappa shape index (κ2) is 17.5. The lowest BCUT2D eigenvalue weighted by molar-refractivity contribution is -0.182. The van der Waals surface area contributed by atoms with Gasteiger partial charge < -0.3 is 33.2 Å². The normalized spacial score (nSPS) is 19.6. The van der Waals surface area contributed by atoms with Crippen LogP contribution in [0, 0.1) is 12.8 Å². The minimum absolute atomic E-state index is 0.00524. The smallest absolute Gasteiger partial charge is 0.463 e. The van der Waals surface area contributed by atoms with Crippen LogP contribution >= 0.6 is 11.6 Å². The summed E-state index contributed by atoms with van der Waals surface area (Å²) in [6.07, 6.45) is -5.38. The molecule has 1 aliphatic heterocycles. The summed E-state index contributed by atoms with van der Waals surface area (Å²) in [6.45, 7) is 20.9. The molecule has 0 spiro atoms. The Morgan fingerprint density at radius 1 is 0.879 bits per heavy atom. The fourth-order valence-corrected chi connectivity index (χ4v) is 6.08. The lowest BCUT2D eigenvalue weighted by atomic mass is 9.89. The highest BCUT2D eigenvalue weighted by Crippen LogP contribution is 2.40. The highest BCUT2D eigenvalue weighted by Gasteiger charge is 2.51. The zero-order chi connectivity index (χ0) is 43.5. The number of hydrogen-bond acceptors (Lipinski definition) is 15. The standard InChI is InChI=1S/C40H54ClN5O12/c1-14-52-32(48)40(24(4)47,19-25-17-15-22(2)16-18-25)53-20-26-23(3)28(55-36(51)58-39(11,12)13)31(54-26)45-21-42-27-29(45)43-33(41)44-30(27)46(34(49)56-37(5,6)7)35(50)57-38(8,9)10/h15-18,21,23,26,28,31H,14,19-20H2,1-13H3/t23-,26-,28-,31-,40?/m1/s1. The SMILES string of the molecule is CCOC(=O)C(Cc1ccc(C)cc1)(OC[C@H]1O[C@@H](n2cnc3c(N(C(=O)OC(C)(C)C)C(=O)OC(C)(C)C)nc(Cl)nc32)[C@H](OC(=O)OC(C)(C)C)[C@@H]1C)C(C)=O. The Balaban J connectivity index is 1.81. The van der Waals surface area contributed by atoms with Gasteiger partial charge in [0.2, 0.25) is 10.9 Å². The Morgan fingerprint density at radius 2 is 1.45 bits per heavy atom. The zero-order valence-electron chi connectivity index (χ0n) is 35.3. The molecule has 17 nitrogen and oxygen atoms in total. The molecule has 1 aromatic carbocycles. The van der Waals surface area contributed by atoms with E-state index in [1.807, 2.05) is 19.1 Å². The molecule has 1 fully saturated rings. The number of rotatable bonds is 11. The number of ether oxygens (including phenoxy) is 7. The number of halogens is 1. The average Bonchev–Trinajstić information content (AvgIpc) is 3.61. The number of hydrogen-bond donors (Lipinski definition) is 0. The molecule has 3 aromatic rings. The molecule has 1 aliphatic rings. The number of carbonyl (C=O) groups excluding carboxylic acids is 5. The molecule has 1 unspecified atom stereocenters. The molecule has 2 amide bonds. The van der Waals surface area contributed by atoms with Gasteiger partial charge in [0, 0.05) is 12.3 Å². The molecule has 58 heavy (non-hydrogen) atoms. The first kappa shape index (κ1) is 45.8.